The summed E-state index contributed by atoms with van der Waals surface area (Å²) in [6.45, 7) is 8.36. The van der Waals surface area contributed by atoms with Crippen molar-refractivity contribution in [2.45, 2.75) is 13.8 Å². The smallest absolute Gasteiger partial charge is 0.0501 e. The fourth-order valence-electron chi connectivity index (χ4n) is 1.25. The molecule has 3 heteroatoms. The highest BCUT2D eigenvalue weighted by Gasteiger charge is 2.01. The number of aryl methyl sites for hydroxylation is 2. The molecule has 1 aromatic carbocycles. The maximum Gasteiger partial charge on any atom is 0.0501 e. The molecule has 0 amide bonds. The third-order valence-electron chi connectivity index (χ3n) is 1.92. The zero-order valence-electron chi connectivity index (χ0n) is 8.32. The molecular formula is C11H13BrClN. The van der Waals surface area contributed by atoms with E-state index < -0.39 is 0 Å². The molecular weight excluding hydrogens is 261 g/mol. The Labute approximate surface area is 98.3 Å². The van der Waals surface area contributed by atoms with E-state index in [0.717, 1.165) is 10.2 Å². The molecule has 0 aliphatic rings. The number of halogens is 2. The zero-order valence-corrected chi connectivity index (χ0v) is 10.7. The standard InChI is InChI=1S/C11H13BrClN/c1-7-4-10(14-6-9(3)13)5-8(2)11(7)12/h4-5,14H,3,6H2,1-2H3. The van der Waals surface area contributed by atoms with Gasteiger partial charge in [-0.25, -0.2) is 0 Å². The zero-order chi connectivity index (χ0) is 10.7. The first kappa shape index (κ1) is 11.6. The van der Waals surface area contributed by atoms with Crippen LogP contribution in [0.5, 0.6) is 0 Å². The van der Waals surface area contributed by atoms with Gasteiger partial charge in [0.15, 0.2) is 0 Å². The summed E-state index contributed by atoms with van der Waals surface area (Å²) in [4.78, 5) is 0. The topological polar surface area (TPSA) is 12.0 Å². The van der Waals surface area contributed by atoms with Gasteiger partial charge in [-0.05, 0) is 37.1 Å². The summed E-state index contributed by atoms with van der Waals surface area (Å²) in [5, 5.41) is 3.81. The van der Waals surface area contributed by atoms with Crippen LogP contribution in [0.3, 0.4) is 0 Å². The quantitative estimate of drug-likeness (QED) is 0.870. The minimum absolute atomic E-state index is 0.599. The highest BCUT2D eigenvalue weighted by Crippen LogP contribution is 2.25. The number of rotatable bonds is 3. The van der Waals surface area contributed by atoms with Crippen molar-refractivity contribution in [3.8, 4) is 0 Å². The monoisotopic (exact) mass is 273 g/mol. The Bertz CT molecular complexity index is 337. The molecule has 0 fully saturated rings. The van der Waals surface area contributed by atoms with Crippen molar-refractivity contribution in [1.82, 2.24) is 0 Å². The second-order valence-corrected chi connectivity index (χ2v) is 4.62. The average molecular weight is 275 g/mol. The van der Waals surface area contributed by atoms with Gasteiger partial charge in [-0.1, -0.05) is 34.1 Å². The molecule has 0 spiro atoms. The fourth-order valence-corrected chi connectivity index (χ4v) is 1.54. The Balaban J connectivity index is 2.84. The van der Waals surface area contributed by atoms with Crippen molar-refractivity contribution < 1.29 is 0 Å². The Morgan fingerprint density at radius 2 is 1.93 bits per heavy atom. The average Bonchev–Trinajstić information content (AvgIpc) is 2.10. The van der Waals surface area contributed by atoms with E-state index in [9.17, 15) is 0 Å². The number of benzene rings is 1. The summed E-state index contributed by atoms with van der Waals surface area (Å²) in [5.41, 5.74) is 3.50. The first-order chi connectivity index (χ1) is 6.50. The predicted molar refractivity (Wildman–Crippen MR) is 67.1 cm³/mol. The number of hydrogen-bond donors (Lipinski definition) is 1. The maximum atomic E-state index is 5.67. The molecule has 0 aromatic heterocycles. The van der Waals surface area contributed by atoms with E-state index >= 15 is 0 Å². The van der Waals surface area contributed by atoms with Gasteiger partial charge in [0.2, 0.25) is 0 Å². The Hall–Kier alpha value is -0.470. The van der Waals surface area contributed by atoms with Crippen LogP contribution in [-0.4, -0.2) is 6.54 Å². The molecule has 0 bridgehead atoms. The molecule has 0 saturated heterocycles. The highest BCUT2D eigenvalue weighted by molar-refractivity contribution is 9.10. The van der Waals surface area contributed by atoms with Crippen LogP contribution in [0.25, 0.3) is 0 Å². The minimum atomic E-state index is 0.599. The van der Waals surface area contributed by atoms with Crippen molar-refractivity contribution in [3.05, 3.63) is 39.3 Å². The third-order valence-corrected chi connectivity index (χ3v) is 3.31. The molecule has 1 N–H and O–H groups in total. The Morgan fingerprint density at radius 3 is 2.36 bits per heavy atom. The summed E-state index contributed by atoms with van der Waals surface area (Å²) in [5.74, 6) is 0. The van der Waals surface area contributed by atoms with Crippen molar-refractivity contribution in [2.24, 2.45) is 0 Å². The van der Waals surface area contributed by atoms with Crippen LogP contribution in [0.2, 0.25) is 0 Å². The van der Waals surface area contributed by atoms with E-state index in [1.165, 1.54) is 11.1 Å². The molecule has 0 unspecified atom stereocenters. The van der Waals surface area contributed by atoms with Gasteiger partial charge in [-0.3, -0.25) is 0 Å². The molecule has 0 atom stereocenters. The van der Waals surface area contributed by atoms with E-state index in [1.807, 2.05) is 0 Å². The molecule has 1 nitrogen and oxygen atoms in total. The number of hydrogen-bond acceptors (Lipinski definition) is 1. The van der Waals surface area contributed by atoms with Crippen molar-refractivity contribution in [3.63, 3.8) is 0 Å². The third kappa shape index (κ3) is 3.03. The summed E-state index contributed by atoms with van der Waals surface area (Å²) in [6, 6.07) is 4.16. The van der Waals surface area contributed by atoms with Gasteiger partial charge in [0.1, 0.15) is 0 Å². The largest absolute Gasteiger partial charge is 0.380 e. The molecule has 1 rings (SSSR count). The van der Waals surface area contributed by atoms with Crippen LogP contribution in [0.1, 0.15) is 11.1 Å². The van der Waals surface area contributed by atoms with Crippen LogP contribution in [0.15, 0.2) is 28.2 Å². The predicted octanol–water partition coefficient (Wildman–Crippen LogP) is 4.23. The van der Waals surface area contributed by atoms with E-state index in [1.54, 1.807) is 0 Å². The lowest BCUT2D eigenvalue weighted by atomic mass is 10.1. The molecule has 1 aromatic rings. The molecule has 76 valence electrons. The van der Waals surface area contributed by atoms with Crippen LogP contribution in [0, 0.1) is 13.8 Å². The van der Waals surface area contributed by atoms with Crippen LogP contribution < -0.4 is 5.32 Å². The van der Waals surface area contributed by atoms with E-state index in [0.29, 0.717) is 11.6 Å². The number of anilines is 1. The first-order valence-corrected chi connectivity index (χ1v) is 5.51. The minimum Gasteiger partial charge on any atom is -0.380 e. The van der Waals surface area contributed by atoms with Gasteiger partial charge in [0.05, 0.1) is 6.54 Å². The second-order valence-electron chi connectivity index (χ2n) is 3.29. The maximum absolute atomic E-state index is 5.67. The van der Waals surface area contributed by atoms with Crippen LogP contribution >= 0.6 is 27.5 Å². The van der Waals surface area contributed by atoms with Gasteiger partial charge in [-0.15, -0.1) is 0 Å². The molecule has 0 saturated carbocycles. The summed E-state index contributed by atoms with van der Waals surface area (Å²) in [7, 11) is 0. The molecule has 0 radical (unpaired) electrons. The SMILES string of the molecule is C=C(Cl)CNc1cc(C)c(Br)c(C)c1. The first-order valence-electron chi connectivity index (χ1n) is 4.34. The lowest BCUT2D eigenvalue weighted by molar-refractivity contribution is 1.27. The summed E-state index contributed by atoms with van der Waals surface area (Å²) >= 11 is 9.19. The van der Waals surface area contributed by atoms with Gasteiger partial charge >= 0.3 is 0 Å². The van der Waals surface area contributed by atoms with Gasteiger partial charge in [0, 0.05) is 15.2 Å². The van der Waals surface area contributed by atoms with Crippen molar-refractivity contribution >= 4 is 33.2 Å². The molecule has 0 heterocycles. The van der Waals surface area contributed by atoms with E-state index in [-0.39, 0.29) is 0 Å². The molecule has 14 heavy (non-hydrogen) atoms. The van der Waals surface area contributed by atoms with Crippen molar-refractivity contribution in [1.29, 1.82) is 0 Å². The van der Waals surface area contributed by atoms with Crippen molar-refractivity contribution in [2.75, 3.05) is 11.9 Å². The van der Waals surface area contributed by atoms with E-state index in [2.05, 4.69) is 53.8 Å². The van der Waals surface area contributed by atoms with E-state index in [4.69, 9.17) is 11.6 Å². The Kier molecular flexibility index (Phi) is 4.02. The summed E-state index contributed by atoms with van der Waals surface area (Å²) in [6.07, 6.45) is 0. The number of nitrogens with one attached hydrogen (secondary N) is 1. The second kappa shape index (κ2) is 4.85. The Morgan fingerprint density at radius 1 is 1.43 bits per heavy atom. The summed E-state index contributed by atoms with van der Waals surface area (Å²) < 4.78 is 1.16. The highest BCUT2D eigenvalue weighted by atomic mass is 79.9. The lowest BCUT2D eigenvalue weighted by Gasteiger charge is -2.09. The normalized spacial score (nSPS) is 10.0. The molecule has 0 aliphatic carbocycles. The van der Waals surface area contributed by atoms with Gasteiger partial charge in [0.25, 0.3) is 0 Å². The lowest BCUT2D eigenvalue weighted by Crippen LogP contribution is -2.01. The van der Waals surface area contributed by atoms with Crippen LogP contribution in [0.4, 0.5) is 5.69 Å². The van der Waals surface area contributed by atoms with Gasteiger partial charge < -0.3 is 5.32 Å². The van der Waals surface area contributed by atoms with Gasteiger partial charge in [-0.2, -0.15) is 0 Å². The molecule has 0 aliphatic heterocycles. The fraction of sp³-hybridized carbons (Fsp3) is 0.273. The van der Waals surface area contributed by atoms with Crippen LogP contribution in [-0.2, 0) is 0 Å².